The van der Waals surface area contributed by atoms with Gasteiger partial charge in [0.1, 0.15) is 6.10 Å². The van der Waals surface area contributed by atoms with Crippen LogP contribution in [0.2, 0.25) is 0 Å². The lowest BCUT2D eigenvalue weighted by atomic mass is 10.0. The molecule has 7 nitrogen and oxygen atoms in total. The number of allylic oxidation sites excluding steroid dienone is 3. The summed E-state index contributed by atoms with van der Waals surface area (Å²) in [5, 5.41) is 23.5. The van der Waals surface area contributed by atoms with Gasteiger partial charge in [0, 0.05) is 0 Å². The van der Waals surface area contributed by atoms with Gasteiger partial charge in [-0.2, -0.15) is 8.42 Å². The third-order valence-electron chi connectivity index (χ3n) is 10.5. The second kappa shape index (κ2) is 39.0. The molecule has 0 aromatic heterocycles. The summed E-state index contributed by atoms with van der Waals surface area (Å²) >= 11 is 0. The minimum absolute atomic E-state index is 0.275. The first kappa shape index (κ1) is 51.8. The molecule has 0 saturated carbocycles. The fraction of sp³-hybridized carbons (Fsp3) is 0.889. The van der Waals surface area contributed by atoms with Crippen LogP contribution in [0.15, 0.2) is 24.3 Å². The SMILES string of the molecule is CCCCCCCCCCC/C=C\CCCCCCCCC(O)C(=O)NC(CS(=O)(=O)O)C(O)/C=C/CCCCCCCCCCCCCCCCC. The van der Waals surface area contributed by atoms with Crippen molar-refractivity contribution in [2.45, 2.75) is 250 Å². The van der Waals surface area contributed by atoms with Crippen LogP contribution in [0.4, 0.5) is 0 Å². The third kappa shape index (κ3) is 38.8. The van der Waals surface area contributed by atoms with Crippen molar-refractivity contribution in [1.29, 1.82) is 0 Å². The first-order chi connectivity index (χ1) is 25.7. The molecule has 0 aromatic rings. The molecule has 4 N–H and O–H groups in total. The molecule has 3 atom stereocenters. The number of aliphatic hydroxyl groups excluding tert-OH is 2. The lowest BCUT2D eigenvalue weighted by Crippen LogP contribution is -2.50. The van der Waals surface area contributed by atoms with Crippen molar-refractivity contribution in [3.8, 4) is 0 Å². The molecule has 0 radical (unpaired) electrons. The third-order valence-corrected chi connectivity index (χ3v) is 11.3. The van der Waals surface area contributed by atoms with Gasteiger partial charge in [-0.05, 0) is 44.9 Å². The van der Waals surface area contributed by atoms with E-state index in [1.807, 2.05) is 6.08 Å². The van der Waals surface area contributed by atoms with Gasteiger partial charge in [0.15, 0.2) is 0 Å². The van der Waals surface area contributed by atoms with Crippen molar-refractivity contribution in [2.24, 2.45) is 0 Å². The summed E-state index contributed by atoms with van der Waals surface area (Å²) in [6.07, 6.45) is 46.6. The zero-order valence-corrected chi connectivity index (χ0v) is 35.6. The van der Waals surface area contributed by atoms with Crippen molar-refractivity contribution >= 4 is 16.0 Å². The monoisotopic (exact) mass is 770 g/mol. The van der Waals surface area contributed by atoms with Crippen molar-refractivity contribution in [3.05, 3.63) is 24.3 Å². The Labute approximate surface area is 328 Å². The summed E-state index contributed by atoms with van der Waals surface area (Å²) in [5.41, 5.74) is 0. The number of amides is 1. The van der Waals surface area contributed by atoms with E-state index in [0.29, 0.717) is 6.42 Å². The van der Waals surface area contributed by atoms with Gasteiger partial charge in [-0.3, -0.25) is 9.35 Å². The smallest absolute Gasteiger partial charge is 0.267 e. The number of nitrogens with one attached hydrogen (secondary N) is 1. The predicted molar refractivity (Wildman–Crippen MR) is 227 cm³/mol. The topological polar surface area (TPSA) is 124 Å². The molecule has 314 valence electrons. The van der Waals surface area contributed by atoms with Gasteiger partial charge in [-0.1, -0.05) is 212 Å². The quantitative estimate of drug-likeness (QED) is 0.0279. The minimum atomic E-state index is -4.44. The lowest BCUT2D eigenvalue weighted by molar-refractivity contribution is -0.130. The molecular weight excluding hydrogens is 683 g/mol. The Morgan fingerprint density at radius 2 is 0.830 bits per heavy atom. The van der Waals surface area contributed by atoms with Crippen LogP contribution in [-0.4, -0.2) is 53.1 Å². The summed E-state index contributed by atoms with van der Waals surface area (Å²) in [6, 6.07) is -1.23. The van der Waals surface area contributed by atoms with Crippen LogP contribution in [0, 0.1) is 0 Å². The van der Waals surface area contributed by atoms with E-state index in [1.165, 1.54) is 167 Å². The summed E-state index contributed by atoms with van der Waals surface area (Å²) in [5.74, 6) is -1.53. The molecule has 0 bridgehead atoms. The number of carbonyl (C=O) groups is 1. The molecule has 3 unspecified atom stereocenters. The van der Waals surface area contributed by atoms with Crippen LogP contribution in [-0.2, 0) is 14.9 Å². The number of hydrogen-bond acceptors (Lipinski definition) is 5. The molecule has 53 heavy (non-hydrogen) atoms. The van der Waals surface area contributed by atoms with E-state index in [1.54, 1.807) is 0 Å². The van der Waals surface area contributed by atoms with E-state index in [9.17, 15) is 28.0 Å². The molecule has 0 saturated heterocycles. The average Bonchev–Trinajstić information content (AvgIpc) is 3.12. The van der Waals surface area contributed by atoms with E-state index in [-0.39, 0.29) is 6.42 Å². The number of carbonyl (C=O) groups excluding carboxylic acids is 1. The Hall–Kier alpha value is -1.22. The van der Waals surface area contributed by atoms with Crippen molar-refractivity contribution in [3.63, 3.8) is 0 Å². The van der Waals surface area contributed by atoms with Crippen LogP contribution in [0.1, 0.15) is 232 Å². The second-order valence-electron chi connectivity index (χ2n) is 15.8. The Bertz CT molecular complexity index is 953. The molecule has 0 rings (SSSR count). The summed E-state index contributed by atoms with van der Waals surface area (Å²) < 4.78 is 32.6. The van der Waals surface area contributed by atoms with Crippen LogP contribution in [0.3, 0.4) is 0 Å². The number of rotatable bonds is 41. The summed E-state index contributed by atoms with van der Waals surface area (Å²) in [4.78, 5) is 12.6. The number of unbranched alkanes of at least 4 members (excludes halogenated alkanes) is 30. The highest BCUT2D eigenvalue weighted by atomic mass is 32.2. The molecule has 8 heteroatoms. The number of aliphatic hydroxyl groups is 2. The fourth-order valence-corrected chi connectivity index (χ4v) is 7.72. The minimum Gasteiger partial charge on any atom is -0.387 e. The van der Waals surface area contributed by atoms with E-state index < -0.39 is 40.0 Å². The molecule has 0 heterocycles. The Morgan fingerprint density at radius 1 is 0.509 bits per heavy atom. The summed E-state index contributed by atoms with van der Waals surface area (Å²) in [7, 11) is -4.44. The van der Waals surface area contributed by atoms with E-state index in [4.69, 9.17) is 0 Å². The van der Waals surface area contributed by atoms with Crippen LogP contribution in [0.5, 0.6) is 0 Å². The zero-order chi connectivity index (χ0) is 39.1. The fourth-order valence-electron chi connectivity index (χ4n) is 6.98. The molecule has 0 aliphatic carbocycles. The predicted octanol–water partition coefficient (Wildman–Crippen LogP) is 12.5. The summed E-state index contributed by atoms with van der Waals surface area (Å²) in [6.45, 7) is 4.53. The maximum absolute atomic E-state index is 12.6. The molecule has 0 aliphatic rings. The van der Waals surface area contributed by atoms with Gasteiger partial charge >= 0.3 is 0 Å². The van der Waals surface area contributed by atoms with E-state index >= 15 is 0 Å². The van der Waals surface area contributed by atoms with E-state index in [2.05, 4.69) is 31.3 Å². The van der Waals surface area contributed by atoms with Crippen LogP contribution >= 0.6 is 0 Å². The average molecular weight is 770 g/mol. The molecule has 0 fully saturated rings. The molecule has 0 aliphatic heterocycles. The second-order valence-corrected chi connectivity index (χ2v) is 17.3. The van der Waals surface area contributed by atoms with Crippen molar-refractivity contribution in [2.75, 3.05) is 5.75 Å². The zero-order valence-electron chi connectivity index (χ0n) is 34.8. The molecule has 0 aromatic carbocycles. The largest absolute Gasteiger partial charge is 0.387 e. The van der Waals surface area contributed by atoms with Crippen LogP contribution in [0.25, 0.3) is 0 Å². The van der Waals surface area contributed by atoms with E-state index in [0.717, 1.165) is 44.9 Å². The highest BCUT2D eigenvalue weighted by Crippen LogP contribution is 2.15. The first-order valence-corrected chi connectivity index (χ1v) is 24.3. The Kier molecular flexibility index (Phi) is 38.1. The standard InChI is InChI=1S/C45H87NO6S/c1-3-5-7-9-11-13-15-17-19-21-22-24-26-28-30-32-34-36-38-40-44(48)45(49)46-42(41-53(50,51)52)43(47)39-37-35-33-31-29-27-25-23-20-18-16-14-12-10-8-6-4-2/h22,24,37,39,42-44,47-48H,3-21,23,25-36,38,40-41H2,1-2H3,(H,46,49)(H,50,51,52)/b24-22-,39-37+. The maximum Gasteiger partial charge on any atom is 0.267 e. The van der Waals surface area contributed by atoms with Crippen LogP contribution < -0.4 is 5.32 Å². The lowest BCUT2D eigenvalue weighted by Gasteiger charge is -2.22. The van der Waals surface area contributed by atoms with Crippen molar-refractivity contribution in [1.82, 2.24) is 5.32 Å². The van der Waals surface area contributed by atoms with Gasteiger partial charge < -0.3 is 15.5 Å². The first-order valence-electron chi connectivity index (χ1n) is 22.6. The molecule has 1 amide bonds. The highest BCUT2D eigenvalue weighted by Gasteiger charge is 2.27. The highest BCUT2D eigenvalue weighted by molar-refractivity contribution is 7.85. The van der Waals surface area contributed by atoms with Gasteiger partial charge in [0.05, 0.1) is 17.9 Å². The van der Waals surface area contributed by atoms with Gasteiger partial charge in [0.25, 0.3) is 10.1 Å². The van der Waals surface area contributed by atoms with Crippen molar-refractivity contribution < 1.29 is 28.0 Å². The normalized spacial score (nSPS) is 14.0. The molecule has 0 spiro atoms. The van der Waals surface area contributed by atoms with Gasteiger partial charge in [0.2, 0.25) is 5.91 Å². The Balaban J connectivity index is 3.98. The van der Waals surface area contributed by atoms with Gasteiger partial charge in [-0.25, -0.2) is 0 Å². The van der Waals surface area contributed by atoms with Gasteiger partial charge in [-0.15, -0.1) is 0 Å². The maximum atomic E-state index is 12.6. The number of hydrogen-bond donors (Lipinski definition) is 4. The Morgan fingerprint density at radius 3 is 1.19 bits per heavy atom. The molecular formula is C45H87NO6S.